The summed E-state index contributed by atoms with van der Waals surface area (Å²) in [6.07, 6.45) is 0.0451. The zero-order valence-electron chi connectivity index (χ0n) is 6.32. The minimum atomic E-state index is -1.29. The van der Waals surface area contributed by atoms with E-state index >= 15 is 0 Å². The summed E-state index contributed by atoms with van der Waals surface area (Å²) >= 11 is 1.36. The van der Waals surface area contributed by atoms with Gasteiger partial charge in [-0.15, -0.1) is 0 Å². The van der Waals surface area contributed by atoms with Gasteiger partial charge < -0.3 is 4.74 Å². The first-order valence-electron chi connectivity index (χ1n) is 3.91. The molecule has 1 saturated heterocycles. The van der Waals surface area contributed by atoms with Crippen LogP contribution in [0.25, 0.3) is 0 Å². The minimum Gasteiger partial charge on any atom is -0.327 e. The molecule has 0 aromatic heterocycles. The van der Waals surface area contributed by atoms with Gasteiger partial charge in [0.25, 0.3) is 5.12 Å². The summed E-state index contributed by atoms with van der Waals surface area (Å²) in [5.74, 6) is 0.806. The summed E-state index contributed by atoms with van der Waals surface area (Å²) in [6, 6.07) is 7.70. The highest BCUT2D eigenvalue weighted by Crippen LogP contribution is 2.56. The molecule has 2 unspecified atom stereocenters. The van der Waals surface area contributed by atoms with E-state index in [1.54, 1.807) is 0 Å². The zero-order valence-corrected chi connectivity index (χ0v) is 7.14. The lowest BCUT2D eigenvalue weighted by molar-refractivity contribution is -0.172. The van der Waals surface area contributed by atoms with Gasteiger partial charge in [-0.2, -0.15) is 5.11 Å². The Morgan fingerprint density at radius 2 is 2.33 bits per heavy atom. The second-order valence-corrected chi connectivity index (χ2v) is 4.22. The molecule has 0 spiro atoms. The van der Waals surface area contributed by atoms with Crippen molar-refractivity contribution in [3.05, 3.63) is 35.4 Å². The maximum absolute atomic E-state index is 11.9. The number of benzene rings is 1. The molecule has 2 nitrogen and oxygen atoms in total. The number of hydrogen-bond donors (Lipinski definition) is 0. The Morgan fingerprint density at radius 3 is 3.17 bits per heavy atom. The lowest BCUT2D eigenvalue weighted by Gasteiger charge is -2.15. The number of ether oxygens (including phenoxy) is 1. The minimum absolute atomic E-state index is 0.0451. The van der Waals surface area contributed by atoms with Crippen molar-refractivity contribution in [1.29, 1.82) is 0 Å². The quantitative estimate of drug-likeness (QED) is 0.610. The maximum atomic E-state index is 11.9. The third kappa shape index (κ3) is 0.690. The van der Waals surface area contributed by atoms with Gasteiger partial charge in [-0.3, -0.25) is 0 Å². The van der Waals surface area contributed by atoms with Crippen molar-refractivity contribution in [2.75, 3.05) is 5.75 Å². The third-order valence-corrected chi connectivity index (χ3v) is 3.53. The number of fused-ring (bicyclic) bond motifs is 5. The van der Waals surface area contributed by atoms with E-state index in [4.69, 9.17) is 4.74 Å². The Hall–Kier alpha value is -0.510. The molecule has 2 aliphatic rings. The van der Waals surface area contributed by atoms with Gasteiger partial charge in [0.2, 0.25) is 0 Å². The second kappa shape index (κ2) is 2.05. The van der Waals surface area contributed by atoms with Crippen LogP contribution in [0.15, 0.2) is 24.3 Å². The summed E-state index contributed by atoms with van der Waals surface area (Å²) in [6.45, 7) is 0. The number of hydrogen-bond acceptors (Lipinski definition) is 2. The molecule has 0 saturated carbocycles. The summed E-state index contributed by atoms with van der Waals surface area (Å²) in [4.78, 5) is 0. The molecular formula is C9H7O2S. The van der Waals surface area contributed by atoms with Crippen molar-refractivity contribution in [2.45, 2.75) is 11.2 Å². The van der Waals surface area contributed by atoms with Crippen LogP contribution in [-0.2, 0) is 15.0 Å². The van der Waals surface area contributed by atoms with E-state index < -0.39 is 5.12 Å². The Balaban J connectivity index is 2.27. The molecule has 2 heterocycles. The number of rotatable bonds is 0. The standard InChI is InChI=1S/C9H7O2S/c10-9-7-4-2-1-3-6(7)8(11-9)5-12-9/h1-4,8H,5H2. The van der Waals surface area contributed by atoms with Crippen LogP contribution in [0.2, 0.25) is 0 Å². The molecule has 2 atom stereocenters. The van der Waals surface area contributed by atoms with Crippen molar-refractivity contribution >= 4 is 11.8 Å². The summed E-state index contributed by atoms with van der Waals surface area (Å²) < 4.78 is 5.34. The van der Waals surface area contributed by atoms with Gasteiger partial charge in [0, 0.05) is 11.3 Å². The van der Waals surface area contributed by atoms with Gasteiger partial charge in [0.15, 0.2) is 0 Å². The molecular weight excluding hydrogens is 172 g/mol. The van der Waals surface area contributed by atoms with E-state index in [-0.39, 0.29) is 6.10 Å². The van der Waals surface area contributed by atoms with Crippen LogP contribution in [0.4, 0.5) is 0 Å². The molecule has 2 bridgehead atoms. The molecule has 1 aromatic rings. The van der Waals surface area contributed by atoms with Gasteiger partial charge in [-0.1, -0.05) is 36.0 Å². The lowest BCUT2D eigenvalue weighted by atomic mass is 10.1. The first kappa shape index (κ1) is 6.95. The molecule has 12 heavy (non-hydrogen) atoms. The molecule has 61 valence electrons. The largest absolute Gasteiger partial charge is 0.327 e. The van der Waals surface area contributed by atoms with E-state index in [0.29, 0.717) is 0 Å². The van der Waals surface area contributed by atoms with E-state index in [1.807, 2.05) is 24.3 Å². The van der Waals surface area contributed by atoms with Gasteiger partial charge in [-0.05, 0) is 5.56 Å². The van der Waals surface area contributed by atoms with Crippen molar-refractivity contribution < 1.29 is 9.84 Å². The number of thioether (sulfide) groups is 1. The third-order valence-electron chi connectivity index (χ3n) is 2.36. The van der Waals surface area contributed by atoms with Gasteiger partial charge in [-0.25, -0.2) is 0 Å². The van der Waals surface area contributed by atoms with Crippen LogP contribution in [0, 0.1) is 0 Å². The van der Waals surface area contributed by atoms with Gasteiger partial charge >= 0.3 is 0 Å². The molecule has 0 N–H and O–H groups in total. The molecule has 1 radical (unpaired) electrons. The Labute approximate surface area is 74.5 Å². The molecule has 0 amide bonds. The van der Waals surface area contributed by atoms with Crippen molar-refractivity contribution in [1.82, 2.24) is 0 Å². The fourth-order valence-electron chi connectivity index (χ4n) is 1.79. The predicted octanol–water partition coefficient (Wildman–Crippen LogP) is 2.05. The molecule has 2 aliphatic heterocycles. The van der Waals surface area contributed by atoms with Crippen molar-refractivity contribution in [3.8, 4) is 0 Å². The second-order valence-electron chi connectivity index (χ2n) is 3.06. The van der Waals surface area contributed by atoms with Crippen LogP contribution in [0.1, 0.15) is 17.2 Å². The average molecular weight is 179 g/mol. The molecule has 1 aromatic carbocycles. The summed E-state index contributed by atoms with van der Waals surface area (Å²) in [5.41, 5.74) is 1.91. The van der Waals surface area contributed by atoms with Gasteiger partial charge in [0.1, 0.15) is 0 Å². The smallest absolute Gasteiger partial charge is 0.277 e. The SMILES string of the molecule is [O]C12OC(CS1)c1ccccc12. The summed E-state index contributed by atoms with van der Waals surface area (Å²) in [5, 5.41) is 10.6. The molecule has 0 aliphatic carbocycles. The highest BCUT2D eigenvalue weighted by atomic mass is 32.2. The van der Waals surface area contributed by atoms with E-state index in [0.717, 1.165) is 16.9 Å². The highest BCUT2D eigenvalue weighted by molar-refractivity contribution is 8.00. The fourth-order valence-corrected chi connectivity index (χ4v) is 2.94. The molecule has 3 rings (SSSR count). The summed E-state index contributed by atoms with van der Waals surface area (Å²) in [7, 11) is 0. The van der Waals surface area contributed by atoms with Crippen LogP contribution in [-0.4, -0.2) is 5.75 Å². The first-order valence-corrected chi connectivity index (χ1v) is 4.90. The highest BCUT2D eigenvalue weighted by Gasteiger charge is 2.51. The Morgan fingerprint density at radius 1 is 1.50 bits per heavy atom. The van der Waals surface area contributed by atoms with Gasteiger partial charge in [0.05, 0.1) is 6.10 Å². The van der Waals surface area contributed by atoms with Crippen molar-refractivity contribution in [2.24, 2.45) is 0 Å². The van der Waals surface area contributed by atoms with E-state index in [2.05, 4.69) is 0 Å². The Kier molecular flexibility index (Phi) is 1.18. The molecule has 1 fully saturated rings. The van der Waals surface area contributed by atoms with E-state index in [9.17, 15) is 5.11 Å². The van der Waals surface area contributed by atoms with Crippen LogP contribution < -0.4 is 0 Å². The van der Waals surface area contributed by atoms with Crippen molar-refractivity contribution in [3.63, 3.8) is 0 Å². The maximum Gasteiger partial charge on any atom is 0.277 e. The Bertz CT molecular complexity index is 339. The normalized spacial score (nSPS) is 36.9. The topological polar surface area (TPSA) is 29.1 Å². The predicted molar refractivity (Wildman–Crippen MR) is 45.1 cm³/mol. The first-order chi connectivity index (χ1) is 5.80. The van der Waals surface area contributed by atoms with Crippen LogP contribution in [0.5, 0.6) is 0 Å². The van der Waals surface area contributed by atoms with Crippen LogP contribution in [0.3, 0.4) is 0 Å². The molecule has 3 heteroatoms. The zero-order chi connectivity index (χ0) is 8.18. The fraction of sp³-hybridized carbons (Fsp3) is 0.333. The lowest BCUT2D eigenvalue weighted by Crippen LogP contribution is -2.14. The average Bonchev–Trinajstić information content (AvgIpc) is 2.60. The van der Waals surface area contributed by atoms with Crippen LogP contribution >= 0.6 is 11.8 Å². The monoisotopic (exact) mass is 179 g/mol. The van der Waals surface area contributed by atoms with E-state index in [1.165, 1.54) is 11.8 Å².